The second-order valence-electron chi connectivity index (χ2n) is 4.32. The van der Waals surface area contributed by atoms with Crippen molar-refractivity contribution in [3.63, 3.8) is 0 Å². The highest BCUT2D eigenvalue weighted by Crippen LogP contribution is 2.20. The molecule has 0 aromatic carbocycles. The van der Waals surface area contributed by atoms with Crippen molar-refractivity contribution >= 4 is 5.91 Å². The van der Waals surface area contributed by atoms with Crippen LogP contribution < -0.4 is 0 Å². The Labute approximate surface area is 79.7 Å². The number of carbonyl (C=O) groups excluding carboxylic acids is 1. The summed E-state index contributed by atoms with van der Waals surface area (Å²) in [6.45, 7) is 7.79. The Kier molecular flexibility index (Phi) is 3.31. The van der Waals surface area contributed by atoms with E-state index in [1.807, 2.05) is 11.8 Å². The van der Waals surface area contributed by atoms with E-state index in [2.05, 4.69) is 13.8 Å². The minimum absolute atomic E-state index is 0.111. The molecule has 1 saturated heterocycles. The third-order valence-corrected chi connectivity index (χ3v) is 2.92. The molecule has 0 aliphatic carbocycles. The van der Waals surface area contributed by atoms with Crippen LogP contribution in [-0.4, -0.2) is 35.6 Å². The second kappa shape index (κ2) is 4.09. The van der Waals surface area contributed by atoms with Crippen molar-refractivity contribution in [1.29, 1.82) is 0 Å². The lowest BCUT2D eigenvalue weighted by molar-refractivity contribution is -0.143. The molecule has 0 bridgehead atoms. The van der Waals surface area contributed by atoms with Gasteiger partial charge in [-0.25, -0.2) is 0 Å². The molecule has 3 heteroatoms. The molecule has 0 aromatic rings. The van der Waals surface area contributed by atoms with Gasteiger partial charge in [0.05, 0.1) is 0 Å². The van der Waals surface area contributed by atoms with Gasteiger partial charge in [-0.15, -0.1) is 0 Å². The molecule has 1 N–H and O–H groups in total. The van der Waals surface area contributed by atoms with Crippen LogP contribution in [0.25, 0.3) is 0 Å². The van der Waals surface area contributed by atoms with Gasteiger partial charge in [-0.3, -0.25) is 4.79 Å². The Morgan fingerprint density at radius 2 is 2.00 bits per heavy atom. The fraction of sp³-hybridized carbons (Fsp3) is 0.900. The summed E-state index contributed by atoms with van der Waals surface area (Å²) >= 11 is 0. The largest absolute Gasteiger partial charge is 0.396 e. The number of likely N-dealkylation sites (tertiary alicyclic amines) is 1. The second-order valence-corrected chi connectivity index (χ2v) is 4.32. The zero-order valence-corrected chi connectivity index (χ0v) is 8.66. The highest BCUT2D eigenvalue weighted by atomic mass is 16.3. The van der Waals surface area contributed by atoms with Crippen LogP contribution >= 0.6 is 0 Å². The number of rotatable bonds is 3. The first kappa shape index (κ1) is 10.5. The van der Waals surface area contributed by atoms with E-state index >= 15 is 0 Å². The summed E-state index contributed by atoms with van der Waals surface area (Å²) < 4.78 is 0. The number of carbonyl (C=O) groups is 1. The van der Waals surface area contributed by atoms with Crippen molar-refractivity contribution in [2.45, 2.75) is 20.8 Å². The van der Waals surface area contributed by atoms with Gasteiger partial charge in [-0.2, -0.15) is 0 Å². The van der Waals surface area contributed by atoms with Crippen molar-refractivity contribution in [2.75, 3.05) is 19.7 Å². The van der Waals surface area contributed by atoms with E-state index in [-0.39, 0.29) is 18.4 Å². The fourth-order valence-corrected chi connectivity index (χ4v) is 1.44. The minimum Gasteiger partial charge on any atom is -0.396 e. The lowest BCUT2D eigenvalue weighted by Gasteiger charge is -2.40. The summed E-state index contributed by atoms with van der Waals surface area (Å²) in [5.41, 5.74) is 0. The van der Waals surface area contributed by atoms with Gasteiger partial charge in [0.15, 0.2) is 0 Å². The molecule has 1 rings (SSSR count). The monoisotopic (exact) mass is 185 g/mol. The average Bonchev–Trinajstić information content (AvgIpc) is 2.00. The van der Waals surface area contributed by atoms with Crippen LogP contribution in [0.15, 0.2) is 0 Å². The van der Waals surface area contributed by atoms with E-state index in [9.17, 15) is 4.79 Å². The molecular weight excluding hydrogens is 166 g/mol. The summed E-state index contributed by atoms with van der Waals surface area (Å²) in [5, 5.41) is 8.80. The third-order valence-electron chi connectivity index (χ3n) is 2.92. The topological polar surface area (TPSA) is 40.5 Å². The molecular formula is C10H19NO2. The van der Waals surface area contributed by atoms with Crippen LogP contribution in [0, 0.1) is 17.8 Å². The van der Waals surface area contributed by atoms with Gasteiger partial charge in [0.2, 0.25) is 5.91 Å². The summed E-state index contributed by atoms with van der Waals surface area (Å²) in [4.78, 5) is 13.5. The first-order chi connectivity index (χ1) is 6.06. The van der Waals surface area contributed by atoms with Gasteiger partial charge in [-0.05, 0) is 5.92 Å². The number of hydrogen-bond donors (Lipinski definition) is 1. The summed E-state index contributed by atoms with van der Waals surface area (Å²) in [7, 11) is 0. The minimum atomic E-state index is 0.111. The van der Waals surface area contributed by atoms with Gasteiger partial charge in [0, 0.05) is 31.5 Å². The predicted octanol–water partition coefficient (Wildman–Crippen LogP) is 0.729. The lowest BCUT2D eigenvalue weighted by atomic mass is 9.93. The van der Waals surface area contributed by atoms with Crippen molar-refractivity contribution < 1.29 is 9.90 Å². The van der Waals surface area contributed by atoms with Crippen LogP contribution in [0.5, 0.6) is 0 Å². The maximum absolute atomic E-state index is 11.7. The Morgan fingerprint density at radius 1 is 1.46 bits per heavy atom. The van der Waals surface area contributed by atoms with Gasteiger partial charge >= 0.3 is 0 Å². The fourth-order valence-electron chi connectivity index (χ4n) is 1.44. The third kappa shape index (κ3) is 2.21. The molecule has 0 aromatic heterocycles. The summed E-state index contributed by atoms with van der Waals surface area (Å²) in [6.07, 6.45) is 0. The maximum atomic E-state index is 11.7. The average molecular weight is 185 g/mol. The summed E-state index contributed by atoms with van der Waals surface area (Å²) in [6, 6.07) is 0. The SMILES string of the molecule is CC(C)C(C)C(=O)N1CC(CO)C1. The van der Waals surface area contributed by atoms with Crippen LogP contribution in [0.2, 0.25) is 0 Å². The Balaban J connectivity index is 2.34. The van der Waals surface area contributed by atoms with Gasteiger partial charge in [0.1, 0.15) is 0 Å². The quantitative estimate of drug-likeness (QED) is 0.704. The standard InChI is InChI=1S/C10H19NO2/c1-7(2)8(3)10(13)11-4-9(5-11)6-12/h7-9,12H,4-6H2,1-3H3. The van der Waals surface area contributed by atoms with Crippen molar-refractivity contribution in [3.8, 4) is 0 Å². The number of aliphatic hydroxyl groups is 1. The molecule has 1 atom stereocenters. The Hall–Kier alpha value is -0.570. The van der Waals surface area contributed by atoms with E-state index in [1.54, 1.807) is 0 Å². The zero-order chi connectivity index (χ0) is 10.0. The predicted molar refractivity (Wildman–Crippen MR) is 51.2 cm³/mol. The number of amides is 1. The van der Waals surface area contributed by atoms with Crippen molar-refractivity contribution in [3.05, 3.63) is 0 Å². The van der Waals surface area contributed by atoms with Crippen LogP contribution in [0.4, 0.5) is 0 Å². The molecule has 13 heavy (non-hydrogen) atoms. The van der Waals surface area contributed by atoms with E-state index < -0.39 is 0 Å². The normalized spacial score (nSPS) is 20.2. The number of hydrogen-bond acceptors (Lipinski definition) is 2. The highest BCUT2D eigenvalue weighted by Gasteiger charge is 2.32. The molecule has 1 fully saturated rings. The van der Waals surface area contributed by atoms with Gasteiger partial charge in [0.25, 0.3) is 0 Å². The molecule has 1 heterocycles. The molecule has 0 saturated carbocycles. The summed E-state index contributed by atoms with van der Waals surface area (Å²) in [5.74, 6) is 1.07. The molecule has 0 radical (unpaired) electrons. The first-order valence-corrected chi connectivity index (χ1v) is 4.96. The van der Waals surface area contributed by atoms with Gasteiger partial charge in [-0.1, -0.05) is 20.8 Å². The van der Waals surface area contributed by atoms with Crippen LogP contribution in [0.1, 0.15) is 20.8 Å². The van der Waals surface area contributed by atoms with Crippen molar-refractivity contribution in [1.82, 2.24) is 4.90 Å². The van der Waals surface area contributed by atoms with Crippen LogP contribution in [0.3, 0.4) is 0 Å². The molecule has 1 amide bonds. The Bertz CT molecular complexity index is 185. The molecule has 3 nitrogen and oxygen atoms in total. The van der Waals surface area contributed by atoms with Crippen LogP contribution in [-0.2, 0) is 4.79 Å². The van der Waals surface area contributed by atoms with E-state index in [0.29, 0.717) is 11.8 Å². The van der Waals surface area contributed by atoms with Crippen molar-refractivity contribution in [2.24, 2.45) is 17.8 Å². The maximum Gasteiger partial charge on any atom is 0.225 e. The van der Waals surface area contributed by atoms with E-state index in [4.69, 9.17) is 5.11 Å². The molecule has 0 spiro atoms. The molecule has 1 unspecified atom stereocenters. The smallest absolute Gasteiger partial charge is 0.225 e. The first-order valence-electron chi connectivity index (χ1n) is 4.96. The number of nitrogens with zero attached hydrogens (tertiary/aromatic N) is 1. The van der Waals surface area contributed by atoms with E-state index in [0.717, 1.165) is 13.1 Å². The molecule has 76 valence electrons. The zero-order valence-electron chi connectivity index (χ0n) is 8.66. The number of aliphatic hydroxyl groups excluding tert-OH is 1. The highest BCUT2D eigenvalue weighted by molar-refractivity contribution is 5.79. The lowest BCUT2D eigenvalue weighted by Crippen LogP contribution is -2.53. The van der Waals surface area contributed by atoms with E-state index in [1.165, 1.54) is 0 Å². The van der Waals surface area contributed by atoms with Gasteiger partial charge < -0.3 is 10.0 Å². The molecule has 1 aliphatic heterocycles. The molecule has 1 aliphatic rings. The Morgan fingerprint density at radius 3 is 2.38 bits per heavy atom.